The van der Waals surface area contributed by atoms with Gasteiger partial charge in [0.15, 0.2) is 6.10 Å². The van der Waals surface area contributed by atoms with Gasteiger partial charge in [0.25, 0.3) is 0 Å². The van der Waals surface area contributed by atoms with Gasteiger partial charge < -0.3 is 10.5 Å². The number of ether oxygens (including phenoxy) is 1. The predicted octanol–water partition coefficient (Wildman–Crippen LogP) is 4.62. The van der Waals surface area contributed by atoms with Gasteiger partial charge in [0.05, 0.1) is 5.69 Å². The van der Waals surface area contributed by atoms with Crippen LogP contribution in [0.25, 0.3) is 0 Å². The first-order valence-corrected chi connectivity index (χ1v) is 8.06. The van der Waals surface area contributed by atoms with E-state index >= 15 is 0 Å². The first-order valence-electron chi connectivity index (χ1n) is 8.06. The Hall–Kier alpha value is -2.29. The molecule has 23 heavy (non-hydrogen) atoms. The lowest BCUT2D eigenvalue weighted by Crippen LogP contribution is -2.28. The molecule has 2 aromatic carbocycles. The standard InChI is InChI=1S/C20H25NO2/c1-5-6-19(23-18-10-8-14(3)12-17(18)21)20(22)16-11-13(2)7-9-15(16)4/h7-12,19H,5-6,21H2,1-4H3. The number of anilines is 1. The fraction of sp³-hybridized carbons (Fsp3) is 0.350. The number of benzene rings is 2. The fourth-order valence-corrected chi connectivity index (χ4v) is 2.61. The lowest BCUT2D eigenvalue weighted by Gasteiger charge is -2.20. The molecule has 1 atom stereocenters. The van der Waals surface area contributed by atoms with Crippen LogP contribution in [0.4, 0.5) is 5.69 Å². The van der Waals surface area contributed by atoms with E-state index in [0.29, 0.717) is 17.9 Å². The van der Waals surface area contributed by atoms with Gasteiger partial charge in [0, 0.05) is 5.56 Å². The van der Waals surface area contributed by atoms with Gasteiger partial charge in [-0.1, -0.05) is 37.1 Å². The third-order valence-corrected chi connectivity index (χ3v) is 3.94. The van der Waals surface area contributed by atoms with Crippen molar-refractivity contribution in [2.75, 3.05) is 5.73 Å². The highest BCUT2D eigenvalue weighted by atomic mass is 16.5. The lowest BCUT2D eigenvalue weighted by molar-refractivity contribution is 0.0778. The van der Waals surface area contributed by atoms with E-state index in [1.807, 2.05) is 64.1 Å². The maximum absolute atomic E-state index is 12.9. The third kappa shape index (κ3) is 4.13. The number of Topliss-reactive ketones (excluding diaryl/α,β-unsaturated/α-hetero) is 1. The highest BCUT2D eigenvalue weighted by molar-refractivity contribution is 6.01. The molecule has 3 heteroatoms. The van der Waals surface area contributed by atoms with Crippen LogP contribution in [-0.4, -0.2) is 11.9 Å². The van der Waals surface area contributed by atoms with Crippen molar-refractivity contribution in [3.63, 3.8) is 0 Å². The molecular weight excluding hydrogens is 286 g/mol. The van der Waals surface area contributed by atoms with Gasteiger partial charge in [0.1, 0.15) is 5.75 Å². The van der Waals surface area contributed by atoms with Gasteiger partial charge in [-0.2, -0.15) is 0 Å². The molecule has 0 aliphatic heterocycles. The molecule has 0 bridgehead atoms. The second-order valence-electron chi connectivity index (χ2n) is 6.12. The van der Waals surface area contributed by atoms with Crippen LogP contribution in [0.1, 0.15) is 46.8 Å². The van der Waals surface area contributed by atoms with Crippen LogP contribution >= 0.6 is 0 Å². The number of carbonyl (C=O) groups excluding carboxylic acids is 1. The van der Waals surface area contributed by atoms with Gasteiger partial charge >= 0.3 is 0 Å². The molecule has 0 radical (unpaired) electrons. The zero-order valence-corrected chi connectivity index (χ0v) is 14.3. The van der Waals surface area contributed by atoms with E-state index in [0.717, 1.165) is 28.7 Å². The van der Waals surface area contributed by atoms with Crippen molar-refractivity contribution in [3.05, 3.63) is 58.7 Å². The number of hydrogen-bond acceptors (Lipinski definition) is 3. The normalized spacial score (nSPS) is 12.0. The van der Waals surface area contributed by atoms with Gasteiger partial charge in [-0.05, 0) is 56.5 Å². The van der Waals surface area contributed by atoms with E-state index in [1.165, 1.54) is 0 Å². The minimum atomic E-state index is -0.509. The van der Waals surface area contributed by atoms with Crippen LogP contribution in [0.3, 0.4) is 0 Å². The molecule has 0 fully saturated rings. The second-order valence-corrected chi connectivity index (χ2v) is 6.12. The zero-order valence-electron chi connectivity index (χ0n) is 14.3. The van der Waals surface area contributed by atoms with Crippen LogP contribution in [0.2, 0.25) is 0 Å². The average molecular weight is 311 g/mol. The van der Waals surface area contributed by atoms with E-state index in [9.17, 15) is 4.79 Å². The van der Waals surface area contributed by atoms with Crippen LogP contribution < -0.4 is 10.5 Å². The molecule has 0 saturated carbocycles. The Morgan fingerprint density at radius 2 is 1.74 bits per heavy atom. The van der Waals surface area contributed by atoms with Crippen LogP contribution in [0.15, 0.2) is 36.4 Å². The van der Waals surface area contributed by atoms with Gasteiger partial charge in [-0.25, -0.2) is 0 Å². The van der Waals surface area contributed by atoms with E-state index in [-0.39, 0.29) is 5.78 Å². The Balaban J connectivity index is 2.30. The number of aryl methyl sites for hydroxylation is 3. The summed E-state index contributed by atoms with van der Waals surface area (Å²) in [6.45, 7) is 7.97. The Morgan fingerprint density at radius 1 is 1.09 bits per heavy atom. The maximum atomic E-state index is 12.9. The molecule has 122 valence electrons. The third-order valence-electron chi connectivity index (χ3n) is 3.94. The van der Waals surface area contributed by atoms with Crippen molar-refractivity contribution in [2.24, 2.45) is 0 Å². The zero-order chi connectivity index (χ0) is 17.0. The smallest absolute Gasteiger partial charge is 0.203 e. The average Bonchev–Trinajstić information content (AvgIpc) is 2.51. The molecule has 0 spiro atoms. The summed E-state index contributed by atoms with van der Waals surface area (Å²) in [6, 6.07) is 11.6. The quantitative estimate of drug-likeness (QED) is 0.625. The maximum Gasteiger partial charge on any atom is 0.203 e. The minimum Gasteiger partial charge on any atom is -0.480 e. The molecule has 0 amide bonds. The van der Waals surface area contributed by atoms with E-state index in [1.54, 1.807) is 0 Å². The summed E-state index contributed by atoms with van der Waals surface area (Å²) in [7, 11) is 0. The van der Waals surface area contributed by atoms with E-state index < -0.39 is 6.10 Å². The van der Waals surface area contributed by atoms with E-state index in [2.05, 4.69) is 0 Å². The summed E-state index contributed by atoms with van der Waals surface area (Å²) in [6.07, 6.45) is 1.03. The van der Waals surface area contributed by atoms with Crippen molar-refractivity contribution in [1.82, 2.24) is 0 Å². The molecule has 2 rings (SSSR count). The Bertz CT molecular complexity index is 707. The highest BCUT2D eigenvalue weighted by Crippen LogP contribution is 2.26. The Kier molecular flexibility index (Phi) is 5.43. The summed E-state index contributed by atoms with van der Waals surface area (Å²) < 4.78 is 5.98. The van der Waals surface area contributed by atoms with Crippen LogP contribution in [0.5, 0.6) is 5.75 Å². The Labute approximate surface area is 138 Å². The lowest BCUT2D eigenvalue weighted by atomic mass is 9.97. The molecule has 3 nitrogen and oxygen atoms in total. The monoisotopic (exact) mass is 311 g/mol. The minimum absolute atomic E-state index is 0.0213. The molecule has 0 aliphatic rings. The van der Waals surface area contributed by atoms with Crippen molar-refractivity contribution >= 4 is 11.5 Å². The molecule has 2 aromatic rings. The first kappa shape index (κ1) is 17.1. The summed E-state index contributed by atoms with van der Waals surface area (Å²) in [5.74, 6) is 0.598. The number of nitrogens with two attached hydrogens (primary N) is 1. The molecule has 0 aliphatic carbocycles. The van der Waals surface area contributed by atoms with Crippen molar-refractivity contribution < 1.29 is 9.53 Å². The number of nitrogen functional groups attached to an aromatic ring is 1. The molecule has 0 heterocycles. The fourth-order valence-electron chi connectivity index (χ4n) is 2.61. The highest BCUT2D eigenvalue weighted by Gasteiger charge is 2.23. The van der Waals surface area contributed by atoms with Gasteiger partial charge in [-0.3, -0.25) is 4.79 Å². The molecular formula is C20H25NO2. The van der Waals surface area contributed by atoms with Gasteiger partial charge in [0.2, 0.25) is 5.78 Å². The molecule has 1 unspecified atom stereocenters. The largest absolute Gasteiger partial charge is 0.480 e. The Morgan fingerprint density at radius 3 is 2.39 bits per heavy atom. The van der Waals surface area contributed by atoms with Crippen molar-refractivity contribution in [1.29, 1.82) is 0 Å². The number of hydrogen-bond donors (Lipinski definition) is 1. The van der Waals surface area contributed by atoms with Crippen LogP contribution in [-0.2, 0) is 0 Å². The van der Waals surface area contributed by atoms with Crippen molar-refractivity contribution in [3.8, 4) is 5.75 Å². The molecule has 0 saturated heterocycles. The first-order chi connectivity index (χ1) is 10.9. The molecule has 0 aromatic heterocycles. The van der Waals surface area contributed by atoms with Crippen LogP contribution in [0, 0.1) is 20.8 Å². The number of rotatable bonds is 6. The van der Waals surface area contributed by atoms with Crippen molar-refractivity contribution in [2.45, 2.75) is 46.6 Å². The van der Waals surface area contributed by atoms with Gasteiger partial charge in [-0.15, -0.1) is 0 Å². The summed E-state index contributed by atoms with van der Waals surface area (Å²) in [5, 5.41) is 0. The number of ketones is 1. The van der Waals surface area contributed by atoms with E-state index in [4.69, 9.17) is 10.5 Å². The summed E-state index contributed by atoms with van der Waals surface area (Å²) in [5.41, 5.74) is 10.4. The topological polar surface area (TPSA) is 52.3 Å². The summed E-state index contributed by atoms with van der Waals surface area (Å²) >= 11 is 0. The second kappa shape index (κ2) is 7.32. The number of carbonyl (C=O) groups is 1. The molecule has 2 N–H and O–H groups in total. The SMILES string of the molecule is CCCC(Oc1ccc(C)cc1N)C(=O)c1cc(C)ccc1C. The summed E-state index contributed by atoms with van der Waals surface area (Å²) in [4.78, 5) is 12.9. The predicted molar refractivity (Wildman–Crippen MR) is 95.2 cm³/mol.